The van der Waals surface area contributed by atoms with Crippen molar-refractivity contribution >= 4 is 0 Å². The van der Waals surface area contributed by atoms with E-state index in [4.69, 9.17) is 0 Å². The topological polar surface area (TPSA) is 35.5 Å². The van der Waals surface area contributed by atoms with Gasteiger partial charge in [0.05, 0.1) is 6.10 Å². The van der Waals surface area contributed by atoms with Gasteiger partial charge < -0.3 is 10.4 Å². The quantitative estimate of drug-likeness (QED) is 0.705. The molecule has 0 bridgehead atoms. The molecule has 0 aromatic heterocycles. The average molecular weight is 200 g/mol. The summed E-state index contributed by atoms with van der Waals surface area (Å²) >= 11 is 0. The minimum absolute atomic E-state index is 0.227. The molecule has 84 valence electrons. The van der Waals surface area contributed by atoms with Gasteiger partial charge in [0.1, 0.15) is 0 Å². The van der Waals surface area contributed by atoms with Gasteiger partial charge in [0, 0.05) is 18.6 Å². The first-order valence-corrected chi connectivity index (χ1v) is 5.80. The summed E-state index contributed by atoms with van der Waals surface area (Å²) in [7, 11) is 0. The maximum absolute atomic E-state index is 9.53. The summed E-state index contributed by atoms with van der Waals surface area (Å²) in [6.45, 7) is 9.40. The number of hydrogen-bond acceptors (Lipinski definition) is 3. The van der Waals surface area contributed by atoms with Gasteiger partial charge in [-0.1, -0.05) is 6.92 Å². The normalized spacial score (nSPS) is 28.7. The number of nitrogens with one attached hydrogen (secondary N) is 1. The van der Waals surface area contributed by atoms with Crippen LogP contribution in [-0.2, 0) is 0 Å². The highest BCUT2D eigenvalue weighted by molar-refractivity contribution is 4.82. The van der Waals surface area contributed by atoms with Crippen molar-refractivity contribution in [2.45, 2.75) is 51.8 Å². The monoisotopic (exact) mass is 200 g/mol. The molecule has 3 nitrogen and oxygen atoms in total. The van der Waals surface area contributed by atoms with E-state index in [1.54, 1.807) is 0 Å². The summed E-state index contributed by atoms with van der Waals surface area (Å²) in [5, 5.41) is 13.0. The Labute approximate surface area is 87.5 Å². The number of aliphatic hydroxyl groups excluding tert-OH is 1. The van der Waals surface area contributed by atoms with E-state index in [-0.39, 0.29) is 12.1 Å². The first-order chi connectivity index (χ1) is 6.65. The summed E-state index contributed by atoms with van der Waals surface area (Å²) in [5.41, 5.74) is 0. The molecule has 1 saturated heterocycles. The Bertz CT molecular complexity index is 159. The van der Waals surface area contributed by atoms with Crippen molar-refractivity contribution in [3.05, 3.63) is 0 Å². The van der Waals surface area contributed by atoms with Gasteiger partial charge in [0.25, 0.3) is 0 Å². The Morgan fingerprint density at radius 3 is 2.79 bits per heavy atom. The molecule has 2 N–H and O–H groups in total. The molecule has 1 aliphatic heterocycles. The van der Waals surface area contributed by atoms with Crippen LogP contribution < -0.4 is 5.32 Å². The van der Waals surface area contributed by atoms with E-state index in [9.17, 15) is 5.11 Å². The van der Waals surface area contributed by atoms with Gasteiger partial charge in [-0.05, 0) is 39.8 Å². The molecule has 0 radical (unpaired) electrons. The number of hydrogen-bond donors (Lipinski definition) is 2. The number of piperidine rings is 1. The predicted octanol–water partition coefficient (Wildman–Crippen LogP) is 0.830. The second kappa shape index (κ2) is 5.69. The van der Waals surface area contributed by atoms with Crippen LogP contribution in [0.1, 0.15) is 33.6 Å². The SMILES string of the molecule is CCNC1CCCN(C(C)C(C)O)C1. The zero-order chi connectivity index (χ0) is 10.6. The molecule has 0 aliphatic carbocycles. The summed E-state index contributed by atoms with van der Waals surface area (Å²) < 4.78 is 0. The van der Waals surface area contributed by atoms with E-state index in [0.29, 0.717) is 6.04 Å². The average Bonchev–Trinajstić information content (AvgIpc) is 2.17. The van der Waals surface area contributed by atoms with Crippen molar-refractivity contribution in [2.75, 3.05) is 19.6 Å². The van der Waals surface area contributed by atoms with Crippen LogP contribution in [0.4, 0.5) is 0 Å². The lowest BCUT2D eigenvalue weighted by Crippen LogP contribution is -2.51. The van der Waals surface area contributed by atoms with Crippen LogP contribution in [0.5, 0.6) is 0 Å². The minimum atomic E-state index is -0.227. The molecule has 0 aromatic rings. The fourth-order valence-corrected chi connectivity index (χ4v) is 2.14. The molecule has 3 atom stereocenters. The molecule has 3 heteroatoms. The van der Waals surface area contributed by atoms with Crippen LogP contribution in [0, 0.1) is 0 Å². The van der Waals surface area contributed by atoms with Gasteiger partial charge >= 0.3 is 0 Å². The second-order valence-corrected chi connectivity index (χ2v) is 4.37. The van der Waals surface area contributed by atoms with E-state index < -0.39 is 0 Å². The second-order valence-electron chi connectivity index (χ2n) is 4.37. The number of rotatable bonds is 4. The Morgan fingerprint density at radius 1 is 1.50 bits per heavy atom. The van der Waals surface area contributed by atoms with E-state index >= 15 is 0 Å². The van der Waals surface area contributed by atoms with E-state index in [2.05, 4.69) is 24.1 Å². The molecule has 0 amide bonds. The van der Waals surface area contributed by atoms with Crippen LogP contribution in [0.15, 0.2) is 0 Å². The maximum atomic E-state index is 9.53. The Hall–Kier alpha value is -0.120. The zero-order valence-corrected chi connectivity index (χ0v) is 9.66. The fraction of sp³-hybridized carbons (Fsp3) is 1.00. The van der Waals surface area contributed by atoms with Crippen molar-refractivity contribution in [1.82, 2.24) is 10.2 Å². The lowest BCUT2D eigenvalue weighted by atomic mass is 10.0. The van der Waals surface area contributed by atoms with Crippen molar-refractivity contribution in [1.29, 1.82) is 0 Å². The zero-order valence-electron chi connectivity index (χ0n) is 9.66. The standard InChI is InChI=1S/C11H24N2O/c1-4-12-11-6-5-7-13(8-11)9(2)10(3)14/h9-12,14H,4-8H2,1-3H3. The molecule has 1 fully saturated rings. The van der Waals surface area contributed by atoms with Gasteiger partial charge in [-0.15, -0.1) is 0 Å². The molecule has 0 spiro atoms. The highest BCUT2D eigenvalue weighted by Crippen LogP contribution is 2.14. The third-order valence-electron chi connectivity index (χ3n) is 3.22. The minimum Gasteiger partial charge on any atom is -0.392 e. The highest BCUT2D eigenvalue weighted by Gasteiger charge is 2.24. The predicted molar refractivity (Wildman–Crippen MR) is 59.4 cm³/mol. The highest BCUT2D eigenvalue weighted by atomic mass is 16.3. The fourth-order valence-electron chi connectivity index (χ4n) is 2.14. The molecule has 14 heavy (non-hydrogen) atoms. The van der Waals surface area contributed by atoms with E-state index in [1.165, 1.54) is 12.8 Å². The number of aliphatic hydroxyl groups is 1. The smallest absolute Gasteiger partial charge is 0.0664 e. The number of nitrogens with zero attached hydrogens (tertiary/aromatic N) is 1. The molecule has 1 aliphatic rings. The molecule has 1 heterocycles. The van der Waals surface area contributed by atoms with E-state index in [0.717, 1.165) is 19.6 Å². The molecular formula is C11H24N2O. The van der Waals surface area contributed by atoms with Gasteiger partial charge in [-0.3, -0.25) is 4.90 Å². The summed E-state index contributed by atoms with van der Waals surface area (Å²) in [5.74, 6) is 0. The molecule has 3 unspecified atom stereocenters. The summed E-state index contributed by atoms with van der Waals surface area (Å²) in [6, 6.07) is 0.909. The molecule has 0 saturated carbocycles. The van der Waals surface area contributed by atoms with Gasteiger partial charge in [0.2, 0.25) is 0 Å². The molecule has 0 aromatic carbocycles. The lowest BCUT2D eigenvalue weighted by molar-refractivity contribution is 0.0501. The third-order valence-corrected chi connectivity index (χ3v) is 3.22. The van der Waals surface area contributed by atoms with Crippen LogP contribution in [0.2, 0.25) is 0 Å². The maximum Gasteiger partial charge on any atom is 0.0664 e. The first-order valence-electron chi connectivity index (χ1n) is 5.80. The van der Waals surface area contributed by atoms with Crippen LogP contribution in [-0.4, -0.2) is 47.8 Å². The van der Waals surface area contributed by atoms with Gasteiger partial charge in [-0.2, -0.15) is 0 Å². The third kappa shape index (κ3) is 3.23. The summed E-state index contributed by atoms with van der Waals surface area (Å²) in [6.07, 6.45) is 2.29. The van der Waals surface area contributed by atoms with Crippen LogP contribution >= 0.6 is 0 Å². The van der Waals surface area contributed by atoms with Crippen molar-refractivity contribution in [3.8, 4) is 0 Å². The molecular weight excluding hydrogens is 176 g/mol. The van der Waals surface area contributed by atoms with Gasteiger partial charge in [0.15, 0.2) is 0 Å². The largest absolute Gasteiger partial charge is 0.392 e. The lowest BCUT2D eigenvalue weighted by Gasteiger charge is -2.38. The van der Waals surface area contributed by atoms with Crippen LogP contribution in [0.25, 0.3) is 0 Å². The summed E-state index contributed by atoms with van der Waals surface area (Å²) in [4.78, 5) is 2.39. The van der Waals surface area contributed by atoms with Gasteiger partial charge in [-0.25, -0.2) is 0 Å². The molecule has 1 rings (SSSR count). The van der Waals surface area contributed by atoms with Crippen molar-refractivity contribution in [2.24, 2.45) is 0 Å². The Morgan fingerprint density at radius 2 is 2.21 bits per heavy atom. The van der Waals surface area contributed by atoms with Crippen LogP contribution in [0.3, 0.4) is 0 Å². The Kier molecular flexibility index (Phi) is 4.85. The first kappa shape index (κ1) is 12.0. The van der Waals surface area contributed by atoms with Crippen molar-refractivity contribution in [3.63, 3.8) is 0 Å². The number of likely N-dealkylation sites (N-methyl/N-ethyl adjacent to an activating group) is 1. The number of likely N-dealkylation sites (tertiary alicyclic amines) is 1. The van der Waals surface area contributed by atoms with E-state index in [1.807, 2.05) is 6.92 Å². The van der Waals surface area contributed by atoms with Crippen molar-refractivity contribution < 1.29 is 5.11 Å². The Balaban J connectivity index is 2.39.